The number of amides is 2. The molecule has 3 aliphatic heterocycles. The Morgan fingerprint density at radius 2 is 1.87 bits per heavy atom. The smallest absolute Gasteiger partial charge is 0.545 e. The average molecular weight is 644 g/mol. The summed E-state index contributed by atoms with van der Waals surface area (Å²) in [5.74, 6) is -5.88. The van der Waals surface area contributed by atoms with Gasteiger partial charge in [0.25, 0.3) is 0 Å². The predicted molar refractivity (Wildman–Crippen MR) is 141 cm³/mol. The van der Waals surface area contributed by atoms with Crippen LogP contribution in [0.2, 0.25) is 0 Å². The quantitative estimate of drug-likeness (QED) is 0.205. The maximum atomic E-state index is 15.2. The zero-order valence-electron chi connectivity index (χ0n) is 25.2. The topological polar surface area (TPSA) is 197 Å². The second-order valence-corrected chi connectivity index (χ2v) is 11.5. The van der Waals surface area contributed by atoms with Crippen molar-refractivity contribution in [2.75, 3.05) is 24.6 Å². The number of fused-ring (bicyclic) bond motifs is 2. The van der Waals surface area contributed by atoms with Crippen LogP contribution in [0.25, 0.3) is 11.0 Å². The van der Waals surface area contributed by atoms with E-state index in [-0.39, 0.29) is 99.8 Å². The standard InChI is InChI=1S/C28H30FN5O9.2Na/c1-11-17(21(27(40)41)34-20(11)19(12(2)35)25(34)37)10-43-28(42)30-13-5-6-32(8-13)24-18(29)7-15-22(36)16(26(38)39)9-33(14-3-4-14)23(15)31-24;;/h7,9,11-14,19-20,35H,3-6,8,10H2,1-2H3,(H,30,42)(H,38,39)(H,40,41);;/q;2*+1/p-2/t11?,12-,13?,19+,20-;;/m0../s1. The van der Waals surface area contributed by atoms with Crippen molar-refractivity contribution in [2.45, 2.75) is 57.3 Å². The van der Waals surface area contributed by atoms with Crippen LogP contribution in [0.3, 0.4) is 0 Å². The van der Waals surface area contributed by atoms with Crippen molar-refractivity contribution < 1.29 is 103 Å². The summed E-state index contributed by atoms with van der Waals surface area (Å²) in [7, 11) is 0. The van der Waals surface area contributed by atoms with Gasteiger partial charge in [-0.1, -0.05) is 6.92 Å². The number of aliphatic carboxylic acids is 1. The largest absolute Gasteiger partial charge is 1.00 e. The molecule has 1 aliphatic carbocycles. The summed E-state index contributed by atoms with van der Waals surface area (Å²) in [6.07, 6.45) is 1.28. The molecule has 5 atom stereocenters. The van der Waals surface area contributed by atoms with Crippen molar-refractivity contribution >= 4 is 40.8 Å². The van der Waals surface area contributed by atoms with Crippen molar-refractivity contribution in [3.8, 4) is 0 Å². The molecule has 14 nitrogen and oxygen atoms in total. The molecule has 2 saturated heterocycles. The van der Waals surface area contributed by atoms with Crippen molar-refractivity contribution in [3.05, 3.63) is 45.1 Å². The van der Waals surface area contributed by atoms with Crippen LogP contribution in [0.1, 0.15) is 49.5 Å². The monoisotopic (exact) mass is 643 g/mol. The van der Waals surface area contributed by atoms with Gasteiger partial charge >= 0.3 is 65.2 Å². The summed E-state index contributed by atoms with van der Waals surface area (Å²) in [5.41, 5.74) is -1.43. The van der Waals surface area contributed by atoms with E-state index in [4.69, 9.17) is 4.74 Å². The number of rotatable bonds is 8. The summed E-state index contributed by atoms with van der Waals surface area (Å²) in [5, 5.41) is 35.8. The van der Waals surface area contributed by atoms with Gasteiger partial charge in [-0.05, 0) is 37.8 Å². The molecule has 1 saturated carbocycles. The van der Waals surface area contributed by atoms with Gasteiger partial charge < -0.3 is 49.3 Å². The van der Waals surface area contributed by atoms with Crippen LogP contribution < -0.4 is 85.0 Å². The van der Waals surface area contributed by atoms with Crippen molar-refractivity contribution in [1.29, 1.82) is 0 Å². The first-order chi connectivity index (χ1) is 20.4. The van der Waals surface area contributed by atoms with E-state index in [1.54, 1.807) is 16.4 Å². The second-order valence-electron chi connectivity index (χ2n) is 11.5. The number of pyridine rings is 2. The Labute approximate surface area is 300 Å². The molecule has 228 valence electrons. The Kier molecular flexibility index (Phi) is 10.4. The first-order valence-electron chi connectivity index (χ1n) is 14.0. The number of halogens is 1. The number of anilines is 1. The SMILES string of the molecule is CC1C(COC(=O)NC2CCN(c3nc4c(cc3F)c(=O)c(C(=O)[O-])cn4C3CC3)C2)=C(C(=O)[O-])N2C(=O)[C@H]([C@H](C)O)[C@H]12.[Na+].[Na+]. The number of carbonyl (C=O) groups is 4. The molecule has 0 spiro atoms. The number of nitrogens with zero attached hydrogens (tertiary/aromatic N) is 4. The zero-order chi connectivity index (χ0) is 30.9. The minimum Gasteiger partial charge on any atom is -0.545 e. The van der Waals surface area contributed by atoms with Crippen molar-refractivity contribution in [3.63, 3.8) is 0 Å². The molecule has 0 aromatic carbocycles. The molecule has 4 aliphatic rings. The number of carbonyl (C=O) groups excluding carboxylic acids is 4. The predicted octanol–water partition coefficient (Wildman–Crippen LogP) is -7.59. The summed E-state index contributed by atoms with van der Waals surface area (Å²) in [6.45, 7) is 3.19. The minimum atomic E-state index is -1.65. The first-order valence-corrected chi connectivity index (χ1v) is 14.0. The molecule has 0 bridgehead atoms. The maximum Gasteiger partial charge on any atom is 1.00 e. The van der Waals surface area contributed by atoms with E-state index in [2.05, 4.69) is 10.3 Å². The molecule has 6 rings (SSSR count). The number of carboxylic acid groups (broad SMARTS) is 2. The van der Waals surface area contributed by atoms with Crippen LogP contribution in [0.5, 0.6) is 0 Å². The second kappa shape index (κ2) is 13.3. The fourth-order valence-electron chi connectivity index (χ4n) is 6.48. The van der Waals surface area contributed by atoms with Gasteiger partial charge in [0.15, 0.2) is 17.1 Å². The number of aliphatic hydroxyl groups excluding tert-OH is 1. The molecule has 17 heteroatoms. The minimum absolute atomic E-state index is 0. The third-order valence-corrected chi connectivity index (χ3v) is 8.78. The van der Waals surface area contributed by atoms with Crippen LogP contribution >= 0.6 is 0 Å². The Morgan fingerprint density at radius 3 is 2.47 bits per heavy atom. The summed E-state index contributed by atoms with van der Waals surface area (Å²) in [4.78, 5) is 68.1. The van der Waals surface area contributed by atoms with Gasteiger partial charge in [0.05, 0.1) is 52.7 Å². The third kappa shape index (κ3) is 6.15. The molecular formula is C28H28FN5Na2O9. The zero-order valence-corrected chi connectivity index (χ0v) is 29.2. The van der Waals surface area contributed by atoms with E-state index in [1.165, 1.54) is 13.1 Å². The van der Waals surface area contributed by atoms with E-state index in [0.717, 1.165) is 23.8 Å². The number of hydrogen-bond acceptors (Lipinski definition) is 11. The molecule has 2 amide bonds. The number of aromatic nitrogens is 2. The number of hydrogen-bond donors (Lipinski definition) is 2. The van der Waals surface area contributed by atoms with Gasteiger partial charge in [-0.25, -0.2) is 14.2 Å². The van der Waals surface area contributed by atoms with Gasteiger partial charge in [-0.15, -0.1) is 0 Å². The number of ether oxygens (including phenoxy) is 1. The van der Waals surface area contributed by atoms with Crippen LogP contribution in [0.4, 0.5) is 15.0 Å². The Balaban J connectivity index is 0.00000230. The van der Waals surface area contributed by atoms with Crippen molar-refractivity contribution in [1.82, 2.24) is 19.8 Å². The molecule has 2 N–H and O–H groups in total. The Morgan fingerprint density at radius 1 is 1.18 bits per heavy atom. The summed E-state index contributed by atoms with van der Waals surface area (Å²) < 4.78 is 22.1. The van der Waals surface area contributed by atoms with Crippen LogP contribution in [0, 0.1) is 17.7 Å². The van der Waals surface area contributed by atoms with Gasteiger partial charge in [0.2, 0.25) is 5.91 Å². The molecule has 45 heavy (non-hydrogen) atoms. The number of carboxylic acids is 2. The summed E-state index contributed by atoms with van der Waals surface area (Å²) >= 11 is 0. The van der Waals surface area contributed by atoms with Gasteiger partial charge in [-0.3, -0.25) is 9.59 Å². The average Bonchev–Trinajstić information content (AvgIpc) is 3.62. The van der Waals surface area contributed by atoms with E-state index < -0.39 is 77.4 Å². The maximum absolute atomic E-state index is 15.2. The summed E-state index contributed by atoms with van der Waals surface area (Å²) in [6, 6.07) is -0.138. The van der Waals surface area contributed by atoms with E-state index >= 15 is 4.39 Å². The van der Waals surface area contributed by atoms with Crippen LogP contribution in [-0.4, -0.2) is 81.4 Å². The molecular weight excluding hydrogens is 615 g/mol. The van der Waals surface area contributed by atoms with E-state index in [1.807, 2.05) is 0 Å². The van der Waals surface area contributed by atoms with Gasteiger partial charge in [0, 0.05) is 31.2 Å². The fourth-order valence-corrected chi connectivity index (χ4v) is 6.48. The number of alkyl carbamates (subject to hydrolysis) is 1. The number of aliphatic hydroxyl groups is 1. The van der Waals surface area contributed by atoms with E-state index in [0.29, 0.717) is 13.0 Å². The number of aromatic carboxylic acids is 1. The van der Waals surface area contributed by atoms with Crippen LogP contribution in [0.15, 0.2) is 28.3 Å². The Bertz CT molecular complexity index is 1680. The number of nitrogens with one attached hydrogen (secondary N) is 1. The molecule has 3 fully saturated rings. The third-order valence-electron chi connectivity index (χ3n) is 8.78. The van der Waals surface area contributed by atoms with E-state index in [9.17, 15) is 39.3 Å². The van der Waals surface area contributed by atoms with Crippen molar-refractivity contribution in [2.24, 2.45) is 11.8 Å². The normalized spacial score (nSPS) is 24.4. The number of β-lactam (4-membered cyclic amide) rings is 1. The molecule has 2 aromatic rings. The molecule has 2 aromatic heterocycles. The van der Waals surface area contributed by atoms with Crippen LogP contribution in [-0.2, 0) is 14.3 Å². The fraction of sp³-hybridized carbons (Fsp3) is 0.500. The molecule has 0 radical (unpaired) electrons. The van der Waals surface area contributed by atoms with Gasteiger partial charge in [0.1, 0.15) is 12.3 Å². The first kappa shape index (κ1) is 35.3. The van der Waals surface area contributed by atoms with Gasteiger partial charge in [-0.2, -0.15) is 0 Å². The molecule has 2 unspecified atom stereocenters. The molecule has 5 heterocycles. The Hall–Kier alpha value is -2.53.